The van der Waals surface area contributed by atoms with Crippen LogP contribution in [-0.4, -0.2) is 37.1 Å². The minimum absolute atomic E-state index is 0.225. The number of hydrogen-bond donors (Lipinski definition) is 3. The molecule has 0 heterocycles. The number of amides is 2. The second-order valence-corrected chi connectivity index (χ2v) is 4.70. The van der Waals surface area contributed by atoms with Crippen LogP contribution in [0, 0.1) is 0 Å². The van der Waals surface area contributed by atoms with Crippen molar-refractivity contribution in [3.8, 4) is 0 Å². The molecule has 0 fully saturated rings. The zero-order chi connectivity index (χ0) is 14.3. The number of nitrogens with two attached hydrogens (primary N) is 1. The molecule has 0 aliphatic carbocycles. The Balaban J connectivity index is 2.69. The smallest absolute Gasteiger partial charge is 0.240 e. The molecule has 0 saturated carbocycles. The van der Waals surface area contributed by atoms with Gasteiger partial charge < -0.3 is 16.4 Å². The van der Waals surface area contributed by atoms with Gasteiger partial charge in [0.15, 0.2) is 0 Å². The van der Waals surface area contributed by atoms with E-state index in [-0.39, 0.29) is 11.9 Å². The molecule has 1 unspecified atom stereocenters. The predicted octanol–water partition coefficient (Wildman–Crippen LogP) is -0.338. The molecule has 0 spiro atoms. The van der Waals surface area contributed by atoms with Gasteiger partial charge in [-0.3, -0.25) is 9.59 Å². The van der Waals surface area contributed by atoms with Crippen molar-refractivity contribution in [2.75, 3.05) is 13.2 Å². The van der Waals surface area contributed by atoms with Crippen LogP contribution in [0.5, 0.6) is 0 Å². The molecule has 1 aromatic carbocycles. The Morgan fingerprint density at radius 2 is 1.89 bits per heavy atom. The van der Waals surface area contributed by atoms with Crippen molar-refractivity contribution in [3.05, 3.63) is 35.9 Å². The van der Waals surface area contributed by atoms with Crippen LogP contribution in [0.2, 0.25) is 0 Å². The van der Waals surface area contributed by atoms with Crippen molar-refractivity contribution < 1.29 is 9.59 Å². The second-order valence-electron chi connectivity index (χ2n) is 4.23. The third-order valence-corrected chi connectivity index (χ3v) is 3.31. The lowest BCUT2D eigenvalue weighted by atomic mass is 10.1. The number of benzene rings is 1. The lowest BCUT2D eigenvalue weighted by Gasteiger charge is -2.19. The first-order valence-electron chi connectivity index (χ1n) is 6.09. The lowest BCUT2D eigenvalue weighted by Crippen LogP contribution is -2.52. The molecular formula is C13H20N3O2P. The molecule has 104 valence electrons. The molecule has 5 nitrogen and oxygen atoms in total. The Morgan fingerprint density at radius 1 is 1.26 bits per heavy atom. The Labute approximate surface area is 115 Å². The highest BCUT2D eigenvalue weighted by Crippen LogP contribution is 2.03. The van der Waals surface area contributed by atoms with Gasteiger partial charge in [0.05, 0.1) is 6.04 Å². The molecule has 1 rings (SSSR count). The van der Waals surface area contributed by atoms with Crippen LogP contribution >= 0.6 is 9.24 Å². The third kappa shape index (κ3) is 4.97. The second kappa shape index (κ2) is 7.87. The van der Waals surface area contributed by atoms with Gasteiger partial charge in [-0.1, -0.05) is 30.3 Å². The summed E-state index contributed by atoms with van der Waals surface area (Å²) in [7, 11) is 4.19. The van der Waals surface area contributed by atoms with Crippen molar-refractivity contribution in [1.82, 2.24) is 10.6 Å². The summed E-state index contributed by atoms with van der Waals surface area (Å²) >= 11 is 0. The molecule has 6 heteroatoms. The van der Waals surface area contributed by atoms with Crippen molar-refractivity contribution in [2.24, 2.45) is 5.73 Å². The molecule has 2 amide bonds. The van der Waals surface area contributed by atoms with Gasteiger partial charge in [-0.05, 0) is 18.8 Å². The van der Waals surface area contributed by atoms with Gasteiger partial charge in [0, 0.05) is 6.42 Å². The summed E-state index contributed by atoms with van der Waals surface area (Å²) in [5.41, 5.74) is 6.29. The van der Waals surface area contributed by atoms with Crippen molar-refractivity contribution in [2.45, 2.75) is 18.5 Å². The average Bonchev–Trinajstić information content (AvgIpc) is 2.40. The van der Waals surface area contributed by atoms with Crippen LogP contribution in [0.15, 0.2) is 30.3 Å². The van der Waals surface area contributed by atoms with Gasteiger partial charge in [0.2, 0.25) is 11.8 Å². The summed E-state index contributed by atoms with van der Waals surface area (Å²) in [6.07, 6.45) is 0.967. The van der Waals surface area contributed by atoms with Crippen LogP contribution in [0.3, 0.4) is 0 Å². The summed E-state index contributed by atoms with van der Waals surface area (Å²) in [5.74, 6) is -0.756. The SMILES string of the molecule is CN[C@@H](CP)C(=O)N[C@@H](Cc1ccccc1)C(N)=O. The molecule has 0 aromatic heterocycles. The molecule has 0 radical (unpaired) electrons. The fraction of sp³-hybridized carbons (Fsp3) is 0.385. The zero-order valence-electron chi connectivity index (χ0n) is 10.9. The van der Waals surface area contributed by atoms with E-state index >= 15 is 0 Å². The Kier molecular flexibility index (Phi) is 6.46. The minimum atomic E-state index is -0.692. The molecule has 0 aliphatic heterocycles. The maximum absolute atomic E-state index is 11.9. The highest BCUT2D eigenvalue weighted by atomic mass is 31.0. The quantitative estimate of drug-likeness (QED) is 0.598. The Bertz CT molecular complexity index is 421. The molecule has 19 heavy (non-hydrogen) atoms. The monoisotopic (exact) mass is 281 g/mol. The number of rotatable bonds is 7. The number of carbonyl (C=O) groups is 2. The highest BCUT2D eigenvalue weighted by Gasteiger charge is 2.22. The van der Waals surface area contributed by atoms with E-state index in [1.807, 2.05) is 30.3 Å². The zero-order valence-corrected chi connectivity index (χ0v) is 12.1. The van der Waals surface area contributed by atoms with Gasteiger partial charge >= 0.3 is 0 Å². The fourth-order valence-corrected chi connectivity index (χ4v) is 2.15. The Morgan fingerprint density at radius 3 is 2.37 bits per heavy atom. The van der Waals surface area contributed by atoms with E-state index in [0.717, 1.165) is 5.56 Å². The normalized spacial score (nSPS) is 13.6. The van der Waals surface area contributed by atoms with E-state index in [1.54, 1.807) is 7.05 Å². The standard InChI is InChI=1S/C13H20N3O2P/c1-15-11(8-19)13(18)16-10(12(14)17)7-9-5-3-2-4-6-9/h2-6,10-11,15H,7-8,19H2,1H3,(H2,14,17)(H,16,18)/t10-,11-/m0/s1. The van der Waals surface area contributed by atoms with E-state index in [9.17, 15) is 9.59 Å². The highest BCUT2D eigenvalue weighted by molar-refractivity contribution is 7.16. The first-order valence-corrected chi connectivity index (χ1v) is 6.91. The fourth-order valence-electron chi connectivity index (χ4n) is 1.70. The molecule has 0 aliphatic rings. The number of primary amides is 1. The topological polar surface area (TPSA) is 84.2 Å². The average molecular weight is 281 g/mol. The van der Waals surface area contributed by atoms with Crippen LogP contribution in [0.25, 0.3) is 0 Å². The van der Waals surface area contributed by atoms with E-state index < -0.39 is 11.9 Å². The summed E-state index contributed by atoms with van der Waals surface area (Å²) < 4.78 is 0. The molecule has 0 bridgehead atoms. The molecule has 1 aromatic rings. The summed E-state index contributed by atoms with van der Waals surface area (Å²) in [5, 5.41) is 5.55. The number of nitrogens with one attached hydrogen (secondary N) is 2. The van der Waals surface area contributed by atoms with Crippen molar-refractivity contribution >= 4 is 21.1 Å². The van der Waals surface area contributed by atoms with Gasteiger partial charge in [0.1, 0.15) is 6.04 Å². The number of hydrogen-bond acceptors (Lipinski definition) is 3. The van der Waals surface area contributed by atoms with Gasteiger partial charge in [0.25, 0.3) is 0 Å². The minimum Gasteiger partial charge on any atom is -0.368 e. The van der Waals surface area contributed by atoms with E-state index in [4.69, 9.17) is 5.73 Å². The van der Waals surface area contributed by atoms with Crippen molar-refractivity contribution in [3.63, 3.8) is 0 Å². The van der Waals surface area contributed by atoms with E-state index in [2.05, 4.69) is 19.9 Å². The van der Waals surface area contributed by atoms with Gasteiger partial charge in [-0.25, -0.2) is 0 Å². The molecule has 3 atom stereocenters. The Hall–Kier alpha value is -1.45. The first-order chi connectivity index (χ1) is 9.08. The van der Waals surface area contributed by atoms with Gasteiger partial charge in [-0.15, -0.1) is 9.24 Å². The summed E-state index contributed by atoms with van der Waals surface area (Å²) in [6.45, 7) is 0. The number of carbonyl (C=O) groups excluding carboxylic acids is 2. The molecule has 0 saturated heterocycles. The maximum Gasteiger partial charge on any atom is 0.240 e. The molecule has 4 N–H and O–H groups in total. The van der Waals surface area contributed by atoms with Crippen LogP contribution in [0.1, 0.15) is 5.56 Å². The maximum atomic E-state index is 11.9. The predicted molar refractivity (Wildman–Crippen MR) is 78.7 cm³/mol. The van der Waals surface area contributed by atoms with Crippen LogP contribution in [0.4, 0.5) is 0 Å². The van der Waals surface area contributed by atoms with Crippen LogP contribution < -0.4 is 16.4 Å². The lowest BCUT2D eigenvalue weighted by molar-refractivity contribution is -0.128. The van der Waals surface area contributed by atoms with E-state index in [1.165, 1.54) is 0 Å². The largest absolute Gasteiger partial charge is 0.368 e. The van der Waals surface area contributed by atoms with Gasteiger partial charge in [-0.2, -0.15) is 0 Å². The van der Waals surface area contributed by atoms with Crippen LogP contribution in [-0.2, 0) is 16.0 Å². The summed E-state index contributed by atoms with van der Waals surface area (Å²) in [4.78, 5) is 23.3. The third-order valence-electron chi connectivity index (χ3n) is 2.84. The summed E-state index contributed by atoms with van der Waals surface area (Å²) in [6, 6.07) is 8.42. The van der Waals surface area contributed by atoms with Crippen molar-refractivity contribution in [1.29, 1.82) is 0 Å². The number of likely N-dealkylation sites (N-methyl/N-ethyl adjacent to an activating group) is 1. The first kappa shape index (κ1) is 15.6. The molecular weight excluding hydrogens is 261 g/mol. The van der Waals surface area contributed by atoms with E-state index in [0.29, 0.717) is 12.6 Å².